The van der Waals surface area contributed by atoms with Crippen molar-refractivity contribution in [3.8, 4) is 0 Å². The summed E-state index contributed by atoms with van der Waals surface area (Å²) < 4.78 is 0. The molecule has 16 heavy (non-hydrogen) atoms. The number of benzene rings is 1. The number of carboxylic acid groups (broad SMARTS) is 1. The summed E-state index contributed by atoms with van der Waals surface area (Å²) >= 11 is 5.97. The highest BCUT2D eigenvalue weighted by Crippen LogP contribution is 2.30. The predicted molar refractivity (Wildman–Crippen MR) is 66.2 cm³/mol. The van der Waals surface area contributed by atoms with Crippen molar-refractivity contribution in [2.75, 3.05) is 11.1 Å². The zero-order valence-electron chi connectivity index (χ0n) is 9.25. The van der Waals surface area contributed by atoms with Crippen LogP contribution in [-0.4, -0.2) is 17.1 Å². The number of aromatic carboxylic acids is 1. The second kappa shape index (κ2) is 5.07. The van der Waals surface area contributed by atoms with Crippen molar-refractivity contribution < 1.29 is 9.90 Å². The van der Waals surface area contributed by atoms with Crippen LogP contribution in [0.15, 0.2) is 12.1 Å². The molecule has 1 unspecified atom stereocenters. The Kier molecular flexibility index (Phi) is 4.01. The Balaban J connectivity index is 3.19. The third-order valence-electron chi connectivity index (χ3n) is 2.35. The van der Waals surface area contributed by atoms with Crippen LogP contribution in [0.3, 0.4) is 0 Å². The molecule has 0 amide bonds. The van der Waals surface area contributed by atoms with Gasteiger partial charge in [-0.15, -0.1) is 0 Å². The van der Waals surface area contributed by atoms with E-state index in [1.54, 1.807) is 6.07 Å². The van der Waals surface area contributed by atoms with E-state index in [1.165, 1.54) is 6.07 Å². The number of halogens is 1. The normalized spacial score (nSPS) is 12.2. The maximum Gasteiger partial charge on any atom is 0.337 e. The van der Waals surface area contributed by atoms with Gasteiger partial charge in [0.2, 0.25) is 0 Å². The molecule has 1 aromatic rings. The van der Waals surface area contributed by atoms with Crippen LogP contribution in [0.25, 0.3) is 0 Å². The van der Waals surface area contributed by atoms with Crippen LogP contribution in [0.4, 0.5) is 11.4 Å². The molecule has 0 radical (unpaired) electrons. The molecule has 1 aromatic carbocycles. The maximum absolute atomic E-state index is 11.0. The monoisotopic (exact) mass is 242 g/mol. The standard InChI is InChI=1S/C11H15ClN2O2/c1-3-6(2)14-10-8(11(15)16)4-7(13)5-9(10)12/h4-6,14H,3,13H2,1-2H3,(H,15,16). The molecular formula is C11H15ClN2O2. The van der Waals surface area contributed by atoms with E-state index in [0.717, 1.165) is 6.42 Å². The average molecular weight is 243 g/mol. The number of carboxylic acids is 1. The minimum Gasteiger partial charge on any atom is -0.478 e. The first-order valence-electron chi connectivity index (χ1n) is 5.04. The fourth-order valence-electron chi connectivity index (χ4n) is 1.29. The van der Waals surface area contributed by atoms with Crippen molar-refractivity contribution in [3.05, 3.63) is 22.7 Å². The quantitative estimate of drug-likeness (QED) is 0.710. The van der Waals surface area contributed by atoms with E-state index < -0.39 is 5.97 Å². The minimum atomic E-state index is -1.04. The van der Waals surface area contributed by atoms with Gasteiger partial charge in [0.1, 0.15) is 0 Å². The molecule has 0 aliphatic rings. The summed E-state index contributed by atoms with van der Waals surface area (Å²) in [4.78, 5) is 11.0. The van der Waals surface area contributed by atoms with Crippen molar-refractivity contribution in [2.45, 2.75) is 26.3 Å². The van der Waals surface area contributed by atoms with Crippen LogP contribution in [0.1, 0.15) is 30.6 Å². The molecule has 0 saturated heterocycles. The van der Waals surface area contributed by atoms with E-state index in [0.29, 0.717) is 16.4 Å². The molecule has 0 saturated carbocycles. The molecule has 0 bridgehead atoms. The molecule has 0 spiro atoms. The van der Waals surface area contributed by atoms with Crippen molar-refractivity contribution in [1.82, 2.24) is 0 Å². The highest BCUT2D eigenvalue weighted by Gasteiger charge is 2.15. The Labute approximate surface area is 99.4 Å². The average Bonchev–Trinajstić information content (AvgIpc) is 2.20. The summed E-state index contributed by atoms with van der Waals surface area (Å²) in [5.41, 5.74) is 6.43. The Morgan fingerprint density at radius 1 is 1.62 bits per heavy atom. The first kappa shape index (κ1) is 12.6. The summed E-state index contributed by atoms with van der Waals surface area (Å²) in [7, 11) is 0. The summed E-state index contributed by atoms with van der Waals surface area (Å²) in [5.74, 6) is -1.04. The number of anilines is 2. The van der Waals surface area contributed by atoms with Crippen LogP contribution in [0.5, 0.6) is 0 Å². The van der Waals surface area contributed by atoms with Gasteiger partial charge in [-0.2, -0.15) is 0 Å². The summed E-state index contributed by atoms with van der Waals surface area (Å²) in [6.45, 7) is 3.96. The Hall–Kier alpha value is -1.42. The molecular weight excluding hydrogens is 228 g/mol. The largest absolute Gasteiger partial charge is 0.478 e. The number of nitrogens with one attached hydrogen (secondary N) is 1. The van der Waals surface area contributed by atoms with Gasteiger partial charge in [0.15, 0.2) is 0 Å². The van der Waals surface area contributed by atoms with Gasteiger partial charge in [0.25, 0.3) is 0 Å². The number of rotatable bonds is 4. The molecule has 1 atom stereocenters. The smallest absolute Gasteiger partial charge is 0.337 e. The van der Waals surface area contributed by atoms with Gasteiger partial charge in [-0.1, -0.05) is 18.5 Å². The zero-order chi connectivity index (χ0) is 12.3. The topological polar surface area (TPSA) is 75.3 Å². The van der Waals surface area contributed by atoms with Crippen molar-refractivity contribution >= 4 is 28.9 Å². The van der Waals surface area contributed by atoms with Crippen molar-refractivity contribution in [2.24, 2.45) is 0 Å². The van der Waals surface area contributed by atoms with Gasteiger partial charge >= 0.3 is 5.97 Å². The Morgan fingerprint density at radius 3 is 2.75 bits per heavy atom. The van der Waals surface area contributed by atoms with E-state index in [1.807, 2.05) is 13.8 Å². The van der Waals surface area contributed by atoms with Crippen LogP contribution in [0, 0.1) is 0 Å². The molecule has 0 aliphatic carbocycles. The van der Waals surface area contributed by atoms with E-state index in [2.05, 4.69) is 5.32 Å². The van der Waals surface area contributed by atoms with E-state index in [9.17, 15) is 4.79 Å². The van der Waals surface area contributed by atoms with Gasteiger partial charge in [-0.3, -0.25) is 0 Å². The van der Waals surface area contributed by atoms with Crippen LogP contribution in [0.2, 0.25) is 5.02 Å². The van der Waals surface area contributed by atoms with Crippen molar-refractivity contribution in [1.29, 1.82) is 0 Å². The molecule has 0 heterocycles. The van der Waals surface area contributed by atoms with Gasteiger partial charge in [0, 0.05) is 11.7 Å². The molecule has 0 aliphatic heterocycles. The molecule has 88 valence electrons. The first-order chi connectivity index (χ1) is 7.45. The summed E-state index contributed by atoms with van der Waals surface area (Å²) in [6.07, 6.45) is 0.875. The third-order valence-corrected chi connectivity index (χ3v) is 2.64. The molecule has 5 heteroatoms. The lowest BCUT2D eigenvalue weighted by Crippen LogP contribution is -2.16. The zero-order valence-corrected chi connectivity index (χ0v) is 10.0. The number of nitrogen functional groups attached to an aromatic ring is 1. The molecule has 4 nitrogen and oxygen atoms in total. The lowest BCUT2D eigenvalue weighted by molar-refractivity contribution is 0.0698. The van der Waals surface area contributed by atoms with Crippen molar-refractivity contribution in [3.63, 3.8) is 0 Å². The van der Waals surface area contributed by atoms with Gasteiger partial charge in [0.05, 0.1) is 16.3 Å². The maximum atomic E-state index is 11.0. The third kappa shape index (κ3) is 2.79. The van der Waals surface area contributed by atoms with E-state index in [-0.39, 0.29) is 11.6 Å². The summed E-state index contributed by atoms with van der Waals surface area (Å²) in [6, 6.07) is 3.09. The highest BCUT2D eigenvalue weighted by molar-refractivity contribution is 6.34. The van der Waals surface area contributed by atoms with Crippen LogP contribution < -0.4 is 11.1 Å². The van der Waals surface area contributed by atoms with Crippen LogP contribution in [-0.2, 0) is 0 Å². The lowest BCUT2D eigenvalue weighted by Gasteiger charge is -2.17. The number of carbonyl (C=O) groups is 1. The minimum absolute atomic E-state index is 0.102. The summed E-state index contributed by atoms with van der Waals surface area (Å²) in [5, 5.41) is 12.4. The molecule has 4 N–H and O–H groups in total. The van der Waals surface area contributed by atoms with Gasteiger partial charge in [-0.25, -0.2) is 4.79 Å². The predicted octanol–water partition coefficient (Wildman–Crippen LogP) is 2.83. The fourth-order valence-corrected chi connectivity index (χ4v) is 1.57. The highest BCUT2D eigenvalue weighted by atomic mass is 35.5. The van der Waals surface area contributed by atoms with Gasteiger partial charge < -0.3 is 16.2 Å². The lowest BCUT2D eigenvalue weighted by atomic mass is 10.1. The SMILES string of the molecule is CCC(C)Nc1c(Cl)cc(N)cc1C(=O)O. The Morgan fingerprint density at radius 2 is 2.25 bits per heavy atom. The first-order valence-corrected chi connectivity index (χ1v) is 5.42. The number of hydrogen-bond acceptors (Lipinski definition) is 3. The molecule has 0 fully saturated rings. The van der Waals surface area contributed by atoms with Crippen LogP contribution >= 0.6 is 11.6 Å². The second-order valence-electron chi connectivity index (χ2n) is 3.68. The van der Waals surface area contributed by atoms with Gasteiger partial charge in [-0.05, 0) is 25.5 Å². The fraction of sp³-hybridized carbons (Fsp3) is 0.364. The van der Waals surface area contributed by atoms with E-state index in [4.69, 9.17) is 22.4 Å². The number of nitrogens with two attached hydrogens (primary N) is 1. The van der Waals surface area contributed by atoms with E-state index >= 15 is 0 Å². The number of hydrogen-bond donors (Lipinski definition) is 3. The molecule has 1 rings (SSSR count). The molecule has 0 aromatic heterocycles. The Bertz CT molecular complexity index is 407. The second-order valence-corrected chi connectivity index (χ2v) is 4.09.